The lowest BCUT2D eigenvalue weighted by molar-refractivity contribution is -0.375. The van der Waals surface area contributed by atoms with Crippen molar-refractivity contribution in [3.8, 4) is 0 Å². The molecule has 34 N–H and O–H groups in total. The minimum Gasteiger partial charge on any atom is -0.394 e. The molecule has 50 atom stereocenters. The van der Waals surface area contributed by atoms with E-state index in [0.717, 1.165) is 0 Å². The van der Waals surface area contributed by atoms with Gasteiger partial charge in [-0.2, -0.15) is 0 Å². The third-order valence-corrected chi connectivity index (χ3v) is 21.0. The molecule has 0 aromatic carbocycles. The Morgan fingerprint density at radius 1 is 0.161 bits per heavy atom. The van der Waals surface area contributed by atoms with Crippen LogP contribution in [-0.4, -0.2) is 540 Å². The molecule has 0 aromatic heterocycles. The first-order valence-electron chi connectivity index (χ1n) is 35.6. The predicted octanol–water partition coefficient (Wildman–Crippen LogP) is -23.0. The standard InChI is InChI=1S/C31H54O25.C30H52O26/c32-3-9-14(36)18(40)23(45)29(53-9)49-6-12-16(38)20(42)26(55-31-25(47)19(41)15(37)10(4-33)54-31)8(50-12)2-1-7-13(35)17(39)24(46)30(52-7)56-27-11(5-34)51-28(48)22(44)21(27)43;31-1-6-11(34)15(38)20(43)27(51-6)48-5-10-14(37)25(56-29-21(44)16(39)12(35)7(2-32)52-29)23(46)28(53-10)49-4-9-13(36)17(40)22(45)30(54-9)55-24-8(3-33)50-26(47)19(42)18(24)41/h7-48H,1-6H2;6-47H,1-5H2/t7-,8-,9-,10+,11-,12-,13-,14-,15+,16-,17+,18+,19-,20+,21-,22-,23-,24-,25+,26+,27?,28+,29+,30-,31?;6-,7+,8-,9-,10-,11-,12+,13-,14-,15+,16-,17+,18-,19-,20-,21+,22-,23-,24-,25+,26+,27+,28+,29?,30-/m11/s1. The minimum absolute atomic E-state index is 0.348. The smallest absolute Gasteiger partial charge is 0.187 e. The number of hydrogen-bond acceptors (Lipinski definition) is 51. The highest BCUT2D eigenvalue weighted by atomic mass is 16.8. The maximum atomic E-state index is 11.3. The molecule has 0 aromatic rings. The van der Waals surface area contributed by atoms with Crippen molar-refractivity contribution < 1.29 is 254 Å². The zero-order valence-corrected chi connectivity index (χ0v) is 58.8. The van der Waals surface area contributed by atoms with Crippen LogP contribution >= 0.6 is 0 Å². The van der Waals surface area contributed by atoms with Gasteiger partial charge in [0.2, 0.25) is 0 Å². The van der Waals surface area contributed by atoms with Crippen LogP contribution in [0.25, 0.3) is 0 Å². The first-order valence-corrected chi connectivity index (χ1v) is 35.6. The Kier molecular flexibility index (Phi) is 34.4. The lowest BCUT2D eigenvalue weighted by atomic mass is 9.89. The Morgan fingerprint density at radius 2 is 0.384 bits per heavy atom. The second-order valence-electron chi connectivity index (χ2n) is 28.5. The molecule has 10 rings (SSSR count). The number of hydrogen-bond donors (Lipinski definition) is 34. The maximum absolute atomic E-state index is 11.3. The fourth-order valence-electron chi connectivity index (χ4n) is 14.1. The molecule has 10 saturated heterocycles. The van der Waals surface area contributed by atoms with Crippen molar-refractivity contribution in [1.82, 2.24) is 0 Å². The van der Waals surface area contributed by atoms with Crippen LogP contribution in [-0.2, 0) is 80.5 Å². The van der Waals surface area contributed by atoms with Crippen LogP contribution in [0.2, 0.25) is 0 Å². The van der Waals surface area contributed by atoms with Crippen LogP contribution in [0.1, 0.15) is 12.8 Å². The van der Waals surface area contributed by atoms with Gasteiger partial charge in [0, 0.05) is 0 Å². The van der Waals surface area contributed by atoms with Crippen LogP contribution in [0.15, 0.2) is 0 Å². The monoisotopic (exact) mass is 1650 g/mol. The number of aliphatic hydroxyl groups excluding tert-OH is 34. The van der Waals surface area contributed by atoms with E-state index in [4.69, 9.17) is 80.5 Å². The maximum Gasteiger partial charge on any atom is 0.187 e. The molecule has 0 saturated carbocycles. The van der Waals surface area contributed by atoms with Crippen molar-refractivity contribution in [3.63, 3.8) is 0 Å². The quantitative estimate of drug-likeness (QED) is 0.0382. The zero-order chi connectivity index (χ0) is 82.7. The van der Waals surface area contributed by atoms with Gasteiger partial charge in [-0.1, -0.05) is 0 Å². The van der Waals surface area contributed by atoms with Gasteiger partial charge in [0.15, 0.2) is 56.6 Å². The van der Waals surface area contributed by atoms with Crippen LogP contribution in [0.3, 0.4) is 0 Å². The highest BCUT2D eigenvalue weighted by Crippen LogP contribution is 2.38. The molecule has 10 aliphatic heterocycles. The topological polar surface area (TPSA) is 845 Å². The molecule has 0 radical (unpaired) electrons. The molecule has 51 nitrogen and oxygen atoms in total. The van der Waals surface area contributed by atoms with Gasteiger partial charge < -0.3 is 254 Å². The first kappa shape index (κ1) is 93.8. The summed E-state index contributed by atoms with van der Waals surface area (Å²) in [6, 6.07) is 0. The molecule has 112 heavy (non-hydrogen) atoms. The highest BCUT2D eigenvalue weighted by Gasteiger charge is 2.58. The number of rotatable bonds is 26. The highest BCUT2D eigenvalue weighted by molar-refractivity contribution is 5.02. The fourth-order valence-corrected chi connectivity index (χ4v) is 14.1. The average Bonchev–Trinajstić information content (AvgIpc) is 0.790. The third-order valence-electron chi connectivity index (χ3n) is 21.0. The Labute approximate surface area is 632 Å². The molecule has 0 aliphatic carbocycles. The lowest BCUT2D eigenvalue weighted by Crippen LogP contribution is -2.66. The predicted molar refractivity (Wildman–Crippen MR) is 336 cm³/mol. The van der Waals surface area contributed by atoms with Crippen molar-refractivity contribution >= 4 is 0 Å². The van der Waals surface area contributed by atoms with Gasteiger partial charge in [-0.05, 0) is 12.8 Å². The van der Waals surface area contributed by atoms with Gasteiger partial charge >= 0.3 is 0 Å². The van der Waals surface area contributed by atoms with E-state index in [1.54, 1.807) is 0 Å². The van der Waals surface area contributed by atoms with Gasteiger partial charge in [-0.25, -0.2) is 0 Å². The van der Waals surface area contributed by atoms with E-state index in [-0.39, 0.29) is 12.8 Å². The van der Waals surface area contributed by atoms with E-state index in [9.17, 15) is 174 Å². The molecule has 10 fully saturated rings. The van der Waals surface area contributed by atoms with Crippen molar-refractivity contribution in [2.45, 2.75) is 320 Å². The van der Waals surface area contributed by atoms with Gasteiger partial charge in [-0.3, -0.25) is 0 Å². The SMILES string of the molecule is OC[C@@H]1OC(O[C@@H]2[C@@H](O)[C@@H](OC[C@H]3O[C@H](O[C@H]4[C@H](O)[C@@H](O)[C@@H](O)O[C@@H]4CO)[C@H](O)[C@@H](O)[C@@H]3O)O[C@H](CO[C@H]3O[C@H](CO)[C@@H](O)[C@H](O)[C@H]3O)[C@H]2O)[C@@H](O)[C@H](O)[C@H]1O.OC[C@@H]1OC(O[C@@H]2[C@@H](O)[C@H](O)[C@@H](CO[C@H]3O[C@H](CO)[C@@H](O)[C@H](O)[C@H]3O)O[C@@H]2CC[C@H]2O[C@H](OC3[C@@H](CO)O[C@H](O)[C@H](O)[C@H]3O)[C@H](O)[C@@H](O)[C@@H]2O)[C@@H](O)[C@H](O)[C@H]1O. The largest absolute Gasteiger partial charge is 0.394 e. The summed E-state index contributed by atoms with van der Waals surface area (Å²) in [5, 5.41) is 351. The average molecular weight is 1660 g/mol. The van der Waals surface area contributed by atoms with Gasteiger partial charge in [0.1, 0.15) is 238 Å². The normalized spacial score (nSPS) is 53.2. The number of ether oxygens (including phenoxy) is 17. The molecular weight excluding hydrogens is 1550 g/mol. The van der Waals surface area contributed by atoms with E-state index >= 15 is 0 Å². The second kappa shape index (κ2) is 41.0. The van der Waals surface area contributed by atoms with E-state index in [2.05, 4.69) is 0 Å². The Bertz CT molecular complexity index is 2760. The van der Waals surface area contributed by atoms with Gasteiger partial charge in [0.25, 0.3) is 0 Å². The molecule has 0 spiro atoms. The molecule has 656 valence electrons. The fraction of sp³-hybridized carbons (Fsp3) is 1.00. The lowest BCUT2D eigenvalue weighted by Gasteiger charge is -2.48. The van der Waals surface area contributed by atoms with Crippen LogP contribution in [0, 0.1) is 0 Å². The van der Waals surface area contributed by atoms with Crippen LogP contribution < -0.4 is 0 Å². The summed E-state index contributed by atoms with van der Waals surface area (Å²) in [7, 11) is 0. The second-order valence-corrected chi connectivity index (χ2v) is 28.5. The summed E-state index contributed by atoms with van der Waals surface area (Å²) in [4.78, 5) is 0. The van der Waals surface area contributed by atoms with E-state index in [1.807, 2.05) is 0 Å². The summed E-state index contributed by atoms with van der Waals surface area (Å²) in [5.41, 5.74) is 0. The third kappa shape index (κ3) is 20.4. The molecular formula is C61H106O51. The van der Waals surface area contributed by atoms with Crippen molar-refractivity contribution in [1.29, 1.82) is 0 Å². The van der Waals surface area contributed by atoms with Crippen molar-refractivity contribution in [2.24, 2.45) is 0 Å². The van der Waals surface area contributed by atoms with Crippen molar-refractivity contribution in [2.75, 3.05) is 59.5 Å². The molecule has 51 heteroatoms. The van der Waals surface area contributed by atoms with Crippen LogP contribution in [0.4, 0.5) is 0 Å². The van der Waals surface area contributed by atoms with E-state index in [0.29, 0.717) is 0 Å². The van der Waals surface area contributed by atoms with Gasteiger partial charge in [0.05, 0.1) is 71.7 Å². The molecule has 3 unspecified atom stereocenters. The Hall–Kier alpha value is -2.04. The summed E-state index contributed by atoms with van der Waals surface area (Å²) >= 11 is 0. The number of aliphatic hydroxyl groups is 34. The van der Waals surface area contributed by atoms with Crippen molar-refractivity contribution in [3.05, 3.63) is 0 Å². The first-order chi connectivity index (χ1) is 52.9. The minimum atomic E-state index is -2.07. The molecule has 10 heterocycles. The van der Waals surface area contributed by atoms with E-state index in [1.165, 1.54) is 0 Å². The Balaban J connectivity index is 0.000000257. The molecule has 10 aliphatic rings. The van der Waals surface area contributed by atoms with Crippen LogP contribution in [0.5, 0.6) is 0 Å². The zero-order valence-electron chi connectivity index (χ0n) is 58.8. The Morgan fingerprint density at radius 3 is 0.732 bits per heavy atom. The molecule has 0 amide bonds. The van der Waals surface area contributed by atoms with Gasteiger partial charge in [-0.15, -0.1) is 0 Å². The summed E-state index contributed by atoms with van der Waals surface area (Å²) in [6.07, 6.45) is -90.3. The summed E-state index contributed by atoms with van der Waals surface area (Å²) in [6.45, 7) is -7.30. The summed E-state index contributed by atoms with van der Waals surface area (Å²) < 4.78 is 93.5. The molecule has 0 bridgehead atoms. The summed E-state index contributed by atoms with van der Waals surface area (Å²) in [5.74, 6) is 0. The van der Waals surface area contributed by atoms with E-state index < -0.39 is 366 Å².